The molecule has 0 amide bonds. The molecule has 1 aromatic carbocycles. The Labute approximate surface area is 107 Å². The van der Waals surface area contributed by atoms with Crippen LogP contribution in [0.25, 0.3) is 0 Å². The zero-order chi connectivity index (χ0) is 13.0. The van der Waals surface area contributed by atoms with Gasteiger partial charge in [0.25, 0.3) is 0 Å². The van der Waals surface area contributed by atoms with E-state index in [0.29, 0.717) is 12.0 Å². The van der Waals surface area contributed by atoms with E-state index in [1.165, 1.54) is 17.4 Å². The average molecular weight is 270 g/mol. The molecular formula is C12H12F2N2OS. The molecule has 1 aromatic heterocycles. The number of benzene rings is 1. The molecule has 0 aliphatic heterocycles. The van der Waals surface area contributed by atoms with Gasteiger partial charge in [-0.25, -0.2) is 4.98 Å². The van der Waals surface area contributed by atoms with Crippen LogP contribution in [-0.4, -0.2) is 11.6 Å². The maximum Gasteiger partial charge on any atom is 0.387 e. The number of nitrogens with two attached hydrogens (primary N) is 1. The Hall–Kier alpha value is -1.53. The summed E-state index contributed by atoms with van der Waals surface area (Å²) in [6.07, 6.45) is 2.19. The number of halogens is 2. The predicted octanol–water partition coefficient (Wildman–Crippen LogP) is 2.99. The lowest BCUT2D eigenvalue weighted by Gasteiger charge is -2.15. The third-order valence-electron chi connectivity index (χ3n) is 2.41. The third-order valence-corrected chi connectivity index (χ3v) is 3.21. The van der Waals surface area contributed by atoms with Gasteiger partial charge in [0, 0.05) is 29.6 Å². The molecule has 1 atom stereocenters. The van der Waals surface area contributed by atoms with Crippen LogP contribution in [0.5, 0.6) is 5.75 Å². The fraction of sp³-hybridized carbons (Fsp3) is 0.250. The van der Waals surface area contributed by atoms with Gasteiger partial charge < -0.3 is 10.5 Å². The van der Waals surface area contributed by atoms with Gasteiger partial charge in [0.05, 0.1) is 5.01 Å². The number of alkyl halides is 2. The molecule has 0 fully saturated rings. The summed E-state index contributed by atoms with van der Waals surface area (Å²) in [5, 5.41) is 2.72. The van der Waals surface area contributed by atoms with E-state index in [4.69, 9.17) is 5.73 Å². The van der Waals surface area contributed by atoms with Crippen LogP contribution in [0.2, 0.25) is 0 Å². The lowest BCUT2D eigenvalue weighted by atomic mass is 10.0. The van der Waals surface area contributed by atoms with Crippen LogP contribution in [0.15, 0.2) is 35.8 Å². The van der Waals surface area contributed by atoms with Gasteiger partial charge in [-0.05, 0) is 6.07 Å². The van der Waals surface area contributed by atoms with Crippen LogP contribution < -0.4 is 10.5 Å². The van der Waals surface area contributed by atoms with E-state index in [1.807, 2.05) is 5.38 Å². The first-order valence-electron chi connectivity index (χ1n) is 5.34. The Morgan fingerprint density at radius 2 is 2.11 bits per heavy atom. The Balaban J connectivity index is 2.16. The third kappa shape index (κ3) is 3.24. The molecule has 3 nitrogen and oxygen atoms in total. The summed E-state index contributed by atoms with van der Waals surface area (Å²) in [4.78, 5) is 4.12. The molecule has 0 spiro atoms. The minimum Gasteiger partial charge on any atom is -0.434 e. The second kappa shape index (κ2) is 5.88. The summed E-state index contributed by atoms with van der Waals surface area (Å²) < 4.78 is 29.0. The van der Waals surface area contributed by atoms with Crippen molar-refractivity contribution in [1.29, 1.82) is 0 Å². The Morgan fingerprint density at radius 3 is 2.78 bits per heavy atom. The zero-order valence-electron chi connectivity index (χ0n) is 9.42. The molecule has 0 radical (unpaired) electrons. The van der Waals surface area contributed by atoms with Crippen molar-refractivity contribution >= 4 is 11.3 Å². The number of ether oxygens (including phenoxy) is 1. The first-order valence-corrected chi connectivity index (χ1v) is 6.22. The fourth-order valence-corrected chi connectivity index (χ4v) is 2.32. The number of thiazole rings is 1. The van der Waals surface area contributed by atoms with Crippen LogP contribution in [0.3, 0.4) is 0 Å². The van der Waals surface area contributed by atoms with Crippen molar-refractivity contribution in [2.75, 3.05) is 0 Å². The fourth-order valence-electron chi connectivity index (χ4n) is 1.64. The van der Waals surface area contributed by atoms with Crippen molar-refractivity contribution in [1.82, 2.24) is 4.98 Å². The van der Waals surface area contributed by atoms with Gasteiger partial charge in [-0.15, -0.1) is 11.3 Å². The van der Waals surface area contributed by atoms with Gasteiger partial charge in [0.1, 0.15) is 5.75 Å². The molecule has 96 valence electrons. The standard InChI is InChI=1S/C12H12F2N2OS/c13-12(14)17-10-4-2-1-3-8(10)9(15)7-11-16-5-6-18-11/h1-6,9,12H,7,15H2. The molecule has 18 heavy (non-hydrogen) atoms. The Kier molecular flexibility index (Phi) is 4.22. The highest BCUT2D eigenvalue weighted by atomic mass is 32.1. The van der Waals surface area contributed by atoms with Crippen LogP contribution in [0, 0.1) is 0 Å². The maximum atomic E-state index is 12.3. The Bertz CT molecular complexity index is 491. The van der Waals surface area contributed by atoms with E-state index < -0.39 is 12.7 Å². The molecule has 0 saturated carbocycles. The molecule has 2 N–H and O–H groups in total. The van der Waals surface area contributed by atoms with Crippen molar-refractivity contribution < 1.29 is 13.5 Å². The second-order valence-electron chi connectivity index (χ2n) is 3.65. The summed E-state index contributed by atoms with van der Waals surface area (Å²) in [7, 11) is 0. The van der Waals surface area contributed by atoms with Crippen LogP contribution in [-0.2, 0) is 6.42 Å². The number of rotatable bonds is 5. The quantitative estimate of drug-likeness (QED) is 0.908. The number of hydrogen-bond acceptors (Lipinski definition) is 4. The average Bonchev–Trinajstić information content (AvgIpc) is 2.81. The largest absolute Gasteiger partial charge is 0.434 e. The molecule has 2 aromatic rings. The van der Waals surface area contributed by atoms with Gasteiger partial charge >= 0.3 is 6.61 Å². The minimum atomic E-state index is -2.85. The monoisotopic (exact) mass is 270 g/mol. The highest BCUT2D eigenvalue weighted by Crippen LogP contribution is 2.27. The number of nitrogens with zero attached hydrogens (tertiary/aromatic N) is 1. The maximum absolute atomic E-state index is 12.3. The van der Waals surface area contributed by atoms with E-state index in [-0.39, 0.29) is 5.75 Å². The normalized spacial score (nSPS) is 12.7. The zero-order valence-corrected chi connectivity index (χ0v) is 10.2. The summed E-state index contributed by atoms with van der Waals surface area (Å²) in [6, 6.07) is 6.15. The second-order valence-corrected chi connectivity index (χ2v) is 4.63. The molecule has 0 aliphatic rings. The molecule has 0 saturated heterocycles. The van der Waals surface area contributed by atoms with Gasteiger partial charge in [0.2, 0.25) is 0 Å². The van der Waals surface area contributed by atoms with E-state index >= 15 is 0 Å². The van der Waals surface area contributed by atoms with Gasteiger partial charge in [-0.2, -0.15) is 8.78 Å². The van der Waals surface area contributed by atoms with Crippen LogP contribution in [0.4, 0.5) is 8.78 Å². The summed E-state index contributed by atoms with van der Waals surface area (Å²) in [5.41, 5.74) is 6.57. The molecule has 1 unspecified atom stereocenters. The lowest BCUT2D eigenvalue weighted by molar-refractivity contribution is -0.0506. The number of aromatic nitrogens is 1. The summed E-state index contributed by atoms with van der Waals surface area (Å²) in [5.74, 6) is 0.122. The summed E-state index contributed by atoms with van der Waals surface area (Å²) in [6.45, 7) is -2.85. The van der Waals surface area contributed by atoms with E-state index in [9.17, 15) is 8.78 Å². The molecule has 0 aliphatic carbocycles. The highest BCUT2D eigenvalue weighted by Gasteiger charge is 2.16. The van der Waals surface area contributed by atoms with Crippen molar-refractivity contribution in [3.05, 3.63) is 46.4 Å². The first-order chi connectivity index (χ1) is 8.66. The lowest BCUT2D eigenvalue weighted by Crippen LogP contribution is -2.15. The van der Waals surface area contributed by atoms with Crippen molar-refractivity contribution in [3.63, 3.8) is 0 Å². The molecule has 1 heterocycles. The topological polar surface area (TPSA) is 48.1 Å². The van der Waals surface area contributed by atoms with Crippen molar-refractivity contribution in [3.8, 4) is 5.75 Å². The minimum absolute atomic E-state index is 0.122. The van der Waals surface area contributed by atoms with E-state index in [0.717, 1.165) is 5.01 Å². The molecule has 6 heteroatoms. The van der Waals surface area contributed by atoms with Gasteiger partial charge in [-0.1, -0.05) is 18.2 Å². The highest BCUT2D eigenvalue weighted by molar-refractivity contribution is 7.09. The smallest absolute Gasteiger partial charge is 0.387 e. The van der Waals surface area contributed by atoms with Crippen LogP contribution >= 0.6 is 11.3 Å². The predicted molar refractivity (Wildman–Crippen MR) is 65.8 cm³/mol. The van der Waals surface area contributed by atoms with Crippen molar-refractivity contribution in [2.45, 2.75) is 19.1 Å². The number of hydrogen-bond donors (Lipinski definition) is 1. The summed E-state index contributed by atoms with van der Waals surface area (Å²) >= 11 is 1.49. The first kappa shape index (κ1) is 12.9. The molecule has 0 bridgehead atoms. The van der Waals surface area contributed by atoms with E-state index in [1.54, 1.807) is 24.4 Å². The SMILES string of the molecule is NC(Cc1nccs1)c1ccccc1OC(F)F. The van der Waals surface area contributed by atoms with Crippen molar-refractivity contribution in [2.24, 2.45) is 5.73 Å². The Morgan fingerprint density at radius 1 is 1.33 bits per heavy atom. The number of para-hydroxylation sites is 1. The van der Waals surface area contributed by atoms with E-state index in [2.05, 4.69) is 9.72 Å². The van der Waals surface area contributed by atoms with Gasteiger partial charge in [0.15, 0.2) is 0 Å². The van der Waals surface area contributed by atoms with Crippen LogP contribution in [0.1, 0.15) is 16.6 Å². The van der Waals surface area contributed by atoms with Gasteiger partial charge in [-0.3, -0.25) is 0 Å². The molecule has 2 rings (SSSR count). The molecular weight excluding hydrogens is 258 g/mol.